The molecule has 0 saturated carbocycles. The number of carbonyl (C=O) groups is 1. The lowest BCUT2D eigenvalue weighted by molar-refractivity contribution is 0.0949. The van der Waals surface area contributed by atoms with E-state index in [4.69, 9.17) is 4.42 Å². The number of furan rings is 1. The first-order valence-corrected chi connectivity index (χ1v) is 5.13. The highest BCUT2D eigenvalue weighted by molar-refractivity contribution is 5.95. The summed E-state index contributed by atoms with van der Waals surface area (Å²) in [6.45, 7) is 4.14. The fraction of sp³-hybridized carbons (Fsp3) is 0.250. The minimum atomic E-state index is -0.101. The van der Waals surface area contributed by atoms with Crippen molar-refractivity contribution in [1.29, 1.82) is 0 Å². The van der Waals surface area contributed by atoms with E-state index in [1.165, 1.54) is 0 Å². The number of hydrogen-bond donors (Lipinski definition) is 2. The highest BCUT2D eigenvalue weighted by Crippen LogP contribution is 2.13. The quantitative estimate of drug-likeness (QED) is 0.829. The lowest BCUT2D eigenvalue weighted by atomic mass is 10.2. The Bertz CT molecular complexity index is 483. The molecular formula is C12H14N2O2. The maximum atomic E-state index is 11.8. The van der Waals surface area contributed by atoms with Gasteiger partial charge in [-0.3, -0.25) is 4.79 Å². The second-order valence-electron chi connectivity index (χ2n) is 3.73. The van der Waals surface area contributed by atoms with Crippen LogP contribution in [0.5, 0.6) is 0 Å². The Morgan fingerprint density at radius 2 is 2.31 bits per heavy atom. The number of carbonyl (C=O) groups excluding carboxylic acids is 1. The van der Waals surface area contributed by atoms with E-state index in [-0.39, 0.29) is 5.91 Å². The zero-order valence-electron chi connectivity index (χ0n) is 9.33. The van der Waals surface area contributed by atoms with Gasteiger partial charge in [0.05, 0.1) is 5.56 Å². The van der Waals surface area contributed by atoms with Gasteiger partial charge < -0.3 is 14.7 Å². The van der Waals surface area contributed by atoms with Gasteiger partial charge in [0.25, 0.3) is 5.91 Å². The third-order valence-corrected chi connectivity index (χ3v) is 2.40. The van der Waals surface area contributed by atoms with Gasteiger partial charge in [0.1, 0.15) is 11.5 Å². The predicted octanol–water partition coefficient (Wildman–Crippen LogP) is 2.15. The normalized spacial score (nSPS) is 10.4. The van der Waals surface area contributed by atoms with Gasteiger partial charge in [-0.2, -0.15) is 0 Å². The van der Waals surface area contributed by atoms with Crippen LogP contribution in [0.1, 0.15) is 27.4 Å². The summed E-state index contributed by atoms with van der Waals surface area (Å²) in [6, 6.07) is 3.68. The van der Waals surface area contributed by atoms with Crippen molar-refractivity contribution in [3.8, 4) is 0 Å². The molecule has 0 unspecified atom stereocenters. The van der Waals surface area contributed by atoms with E-state index >= 15 is 0 Å². The Balaban J connectivity index is 2.01. The first-order valence-electron chi connectivity index (χ1n) is 5.13. The first-order chi connectivity index (χ1) is 7.66. The molecule has 16 heavy (non-hydrogen) atoms. The van der Waals surface area contributed by atoms with Gasteiger partial charge in [-0.15, -0.1) is 0 Å². The Labute approximate surface area is 93.7 Å². The minimum absolute atomic E-state index is 0.101. The van der Waals surface area contributed by atoms with Gasteiger partial charge in [0.15, 0.2) is 0 Å². The molecule has 2 aromatic heterocycles. The third kappa shape index (κ3) is 2.16. The number of aromatic amines is 1. The zero-order chi connectivity index (χ0) is 11.5. The molecule has 2 heterocycles. The standard InChI is InChI=1S/C12H14N2O2/c1-8-5-11(9(2)16-8)12(15)14-7-10-3-4-13-6-10/h3-6,13H,7H2,1-2H3,(H,14,15). The van der Waals surface area contributed by atoms with Gasteiger partial charge in [-0.05, 0) is 31.5 Å². The fourth-order valence-corrected chi connectivity index (χ4v) is 1.60. The second kappa shape index (κ2) is 4.26. The summed E-state index contributed by atoms with van der Waals surface area (Å²) in [4.78, 5) is 14.7. The molecule has 0 aliphatic heterocycles. The largest absolute Gasteiger partial charge is 0.466 e. The van der Waals surface area contributed by atoms with Crippen LogP contribution in [-0.2, 0) is 6.54 Å². The van der Waals surface area contributed by atoms with Crippen LogP contribution >= 0.6 is 0 Å². The number of H-pyrrole nitrogens is 1. The van der Waals surface area contributed by atoms with E-state index in [0.29, 0.717) is 17.9 Å². The molecule has 0 aliphatic carbocycles. The highest BCUT2D eigenvalue weighted by atomic mass is 16.3. The number of hydrogen-bond acceptors (Lipinski definition) is 2. The van der Waals surface area contributed by atoms with Crippen molar-refractivity contribution < 1.29 is 9.21 Å². The maximum Gasteiger partial charge on any atom is 0.255 e. The number of aryl methyl sites for hydroxylation is 2. The van der Waals surface area contributed by atoms with Crippen molar-refractivity contribution in [2.24, 2.45) is 0 Å². The molecule has 84 valence electrons. The van der Waals surface area contributed by atoms with Gasteiger partial charge in [-0.25, -0.2) is 0 Å². The SMILES string of the molecule is Cc1cc(C(=O)NCc2cc[nH]c2)c(C)o1. The lowest BCUT2D eigenvalue weighted by Gasteiger charge is -2.01. The van der Waals surface area contributed by atoms with E-state index in [0.717, 1.165) is 11.3 Å². The average molecular weight is 218 g/mol. The third-order valence-electron chi connectivity index (χ3n) is 2.40. The van der Waals surface area contributed by atoms with Crippen molar-refractivity contribution >= 4 is 5.91 Å². The molecule has 0 aliphatic rings. The summed E-state index contributed by atoms with van der Waals surface area (Å²) in [6.07, 6.45) is 3.68. The average Bonchev–Trinajstić information content (AvgIpc) is 2.84. The van der Waals surface area contributed by atoms with E-state index in [9.17, 15) is 4.79 Å². The summed E-state index contributed by atoms with van der Waals surface area (Å²) in [5.74, 6) is 1.31. The summed E-state index contributed by atoms with van der Waals surface area (Å²) in [5, 5.41) is 2.84. The molecule has 0 radical (unpaired) electrons. The molecule has 0 bridgehead atoms. The lowest BCUT2D eigenvalue weighted by Crippen LogP contribution is -2.22. The van der Waals surface area contributed by atoms with Crippen LogP contribution < -0.4 is 5.32 Å². The van der Waals surface area contributed by atoms with Crippen LogP contribution in [0.25, 0.3) is 0 Å². The summed E-state index contributed by atoms with van der Waals surface area (Å²) in [5.41, 5.74) is 1.65. The molecule has 0 saturated heterocycles. The van der Waals surface area contributed by atoms with Crippen molar-refractivity contribution in [1.82, 2.24) is 10.3 Å². The van der Waals surface area contributed by atoms with Crippen molar-refractivity contribution in [3.05, 3.63) is 47.2 Å². The number of amides is 1. The highest BCUT2D eigenvalue weighted by Gasteiger charge is 2.12. The Morgan fingerprint density at radius 1 is 1.50 bits per heavy atom. The number of nitrogens with one attached hydrogen (secondary N) is 2. The zero-order valence-corrected chi connectivity index (χ0v) is 9.33. The first kappa shape index (κ1) is 10.5. The molecule has 2 aromatic rings. The van der Waals surface area contributed by atoms with Crippen molar-refractivity contribution in [3.63, 3.8) is 0 Å². The van der Waals surface area contributed by atoms with Crippen LogP contribution in [0.15, 0.2) is 28.9 Å². The van der Waals surface area contributed by atoms with Gasteiger partial charge in [-0.1, -0.05) is 0 Å². The molecule has 1 amide bonds. The molecule has 0 spiro atoms. The Kier molecular flexibility index (Phi) is 2.81. The molecule has 0 atom stereocenters. The van der Waals surface area contributed by atoms with Crippen LogP contribution in [0.2, 0.25) is 0 Å². The van der Waals surface area contributed by atoms with Crippen LogP contribution in [0.4, 0.5) is 0 Å². The topological polar surface area (TPSA) is 58.0 Å². The summed E-state index contributed by atoms with van der Waals surface area (Å²) in [7, 11) is 0. The van der Waals surface area contributed by atoms with Crippen LogP contribution in [0.3, 0.4) is 0 Å². The Hall–Kier alpha value is -1.97. The maximum absolute atomic E-state index is 11.8. The van der Waals surface area contributed by atoms with E-state index in [1.54, 1.807) is 13.0 Å². The smallest absolute Gasteiger partial charge is 0.255 e. The monoisotopic (exact) mass is 218 g/mol. The predicted molar refractivity (Wildman–Crippen MR) is 60.1 cm³/mol. The fourth-order valence-electron chi connectivity index (χ4n) is 1.60. The molecule has 4 heteroatoms. The summed E-state index contributed by atoms with van der Waals surface area (Å²) < 4.78 is 5.31. The molecule has 0 aromatic carbocycles. The van der Waals surface area contributed by atoms with Crippen molar-refractivity contribution in [2.45, 2.75) is 20.4 Å². The van der Waals surface area contributed by atoms with Crippen molar-refractivity contribution in [2.75, 3.05) is 0 Å². The molecule has 0 fully saturated rings. The number of aromatic nitrogens is 1. The molecular weight excluding hydrogens is 204 g/mol. The molecule has 2 rings (SSSR count). The van der Waals surface area contributed by atoms with Gasteiger partial charge in [0.2, 0.25) is 0 Å². The molecule has 2 N–H and O–H groups in total. The van der Waals surface area contributed by atoms with Crippen LogP contribution in [-0.4, -0.2) is 10.9 Å². The van der Waals surface area contributed by atoms with Crippen LogP contribution in [0, 0.1) is 13.8 Å². The summed E-state index contributed by atoms with van der Waals surface area (Å²) >= 11 is 0. The van der Waals surface area contributed by atoms with E-state index in [1.807, 2.05) is 25.4 Å². The second-order valence-corrected chi connectivity index (χ2v) is 3.73. The Morgan fingerprint density at radius 3 is 2.88 bits per heavy atom. The van der Waals surface area contributed by atoms with Gasteiger partial charge >= 0.3 is 0 Å². The molecule has 4 nitrogen and oxygen atoms in total. The van der Waals surface area contributed by atoms with E-state index in [2.05, 4.69) is 10.3 Å². The van der Waals surface area contributed by atoms with Gasteiger partial charge in [0, 0.05) is 18.9 Å². The van der Waals surface area contributed by atoms with E-state index < -0.39 is 0 Å². The number of rotatable bonds is 3. The minimum Gasteiger partial charge on any atom is -0.466 e.